The maximum Gasteiger partial charge on any atom is 0.295 e. The second kappa shape index (κ2) is 9.79. The highest BCUT2D eigenvalue weighted by molar-refractivity contribution is 6.46. The molecule has 174 valence electrons. The maximum atomic E-state index is 13.3. The van der Waals surface area contributed by atoms with Gasteiger partial charge in [0.1, 0.15) is 17.3 Å². The number of aromatic nitrogens is 1. The number of Topliss-reactive ketones (excluding diaryl/α,β-unsaturated/α-hetero) is 1. The van der Waals surface area contributed by atoms with E-state index in [9.17, 15) is 14.7 Å². The molecule has 1 unspecified atom stereocenters. The van der Waals surface area contributed by atoms with Gasteiger partial charge >= 0.3 is 0 Å². The molecular formula is C27H26N2O5. The Morgan fingerprint density at radius 3 is 2.47 bits per heavy atom. The first kappa shape index (κ1) is 23.0. The molecule has 0 aliphatic carbocycles. The molecule has 1 saturated heterocycles. The third-order valence-corrected chi connectivity index (χ3v) is 5.82. The Hall–Kier alpha value is -4.13. The summed E-state index contributed by atoms with van der Waals surface area (Å²) in [6.45, 7) is 4.45. The van der Waals surface area contributed by atoms with Crippen molar-refractivity contribution in [3.05, 3.63) is 94.8 Å². The smallest absolute Gasteiger partial charge is 0.295 e. The fraction of sp³-hybridized carbons (Fsp3) is 0.222. The summed E-state index contributed by atoms with van der Waals surface area (Å²) in [5, 5.41) is 11.3. The second-order valence-electron chi connectivity index (χ2n) is 7.94. The number of aliphatic hydroxyl groups excluding tert-OH is 1. The summed E-state index contributed by atoms with van der Waals surface area (Å²) in [7, 11) is 1.53. The number of pyridine rings is 1. The largest absolute Gasteiger partial charge is 0.507 e. The van der Waals surface area contributed by atoms with Gasteiger partial charge in [0.25, 0.3) is 11.7 Å². The van der Waals surface area contributed by atoms with Crippen LogP contribution in [0.2, 0.25) is 0 Å². The zero-order valence-electron chi connectivity index (χ0n) is 19.3. The van der Waals surface area contributed by atoms with Gasteiger partial charge in [0.15, 0.2) is 0 Å². The monoisotopic (exact) mass is 458 g/mol. The van der Waals surface area contributed by atoms with Crippen molar-refractivity contribution in [2.45, 2.75) is 26.4 Å². The molecule has 1 aliphatic heterocycles. The van der Waals surface area contributed by atoms with Crippen LogP contribution in [0.5, 0.6) is 11.5 Å². The number of methoxy groups -OCH3 is 1. The Morgan fingerprint density at radius 1 is 1.06 bits per heavy atom. The van der Waals surface area contributed by atoms with E-state index < -0.39 is 17.7 Å². The Labute approximate surface area is 198 Å². The quantitative estimate of drug-likeness (QED) is 0.320. The zero-order valence-corrected chi connectivity index (χ0v) is 19.3. The number of amides is 1. The minimum absolute atomic E-state index is 0.0205. The van der Waals surface area contributed by atoms with Crippen molar-refractivity contribution in [3.63, 3.8) is 0 Å². The fourth-order valence-electron chi connectivity index (χ4n) is 4.21. The Morgan fingerprint density at radius 2 is 1.79 bits per heavy atom. The number of likely N-dealkylation sites (tertiary alicyclic amines) is 1. The molecule has 2 heterocycles. The van der Waals surface area contributed by atoms with Gasteiger partial charge in [0.2, 0.25) is 0 Å². The minimum Gasteiger partial charge on any atom is -0.507 e. The molecule has 1 fully saturated rings. The number of carbonyl (C=O) groups is 2. The second-order valence-corrected chi connectivity index (χ2v) is 7.94. The fourth-order valence-corrected chi connectivity index (χ4v) is 4.21. The van der Waals surface area contributed by atoms with Gasteiger partial charge in [-0.3, -0.25) is 14.6 Å². The summed E-state index contributed by atoms with van der Waals surface area (Å²) in [4.78, 5) is 32.0. The van der Waals surface area contributed by atoms with E-state index in [1.165, 1.54) is 12.0 Å². The molecule has 3 aromatic rings. The standard InChI is InChI=1S/C27H26N2O5/c1-4-34-21-10-9-19(15-17(21)2)25(30)23-24(20-7-5-6-8-22(20)33-3)29(27(32)26(23)31)16-18-11-13-28-14-12-18/h5-15,24,30H,4,16H2,1-3H3/b25-23+. The lowest BCUT2D eigenvalue weighted by Gasteiger charge is -2.26. The molecule has 0 radical (unpaired) electrons. The first-order chi connectivity index (χ1) is 16.5. The number of hydrogen-bond acceptors (Lipinski definition) is 6. The molecule has 7 nitrogen and oxygen atoms in total. The van der Waals surface area contributed by atoms with Crippen molar-refractivity contribution < 1.29 is 24.2 Å². The van der Waals surface area contributed by atoms with Gasteiger partial charge < -0.3 is 19.5 Å². The van der Waals surface area contributed by atoms with Crippen molar-refractivity contribution >= 4 is 17.4 Å². The van der Waals surface area contributed by atoms with E-state index >= 15 is 0 Å². The van der Waals surface area contributed by atoms with Crippen LogP contribution >= 0.6 is 0 Å². The molecule has 0 spiro atoms. The van der Waals surface area contributed by atoms with Crippen LogP contribution in [0.4, 0.5) is 0 Å². The highest BCUT2D eigenvalue weighted by atomic mass is 16.5. The van der Waals surface area contributed by atoms with E-state index in [1.807, 2.05) is 26.0 Å². The van der Waals surface area contributed by atoms with Gasteiger partial charge in [-0.15, -0.1) is 0 Å². The average Bonchev–Trinajstić information content (AvgIpc) is 3.10. The summed E-state index contributed by atoms with van der Waals surface area (Å²) < 4.78 is 11.1. The van der Waals surface area contributed by atoms with E-state index in [0.29, 0.717) is 29.2 Å². The highest BCUT2D eigenvalue weighted by Gasteiger charge is 2.47. The molecule has 2 aromatic carbocycles. The molecule has 1 aliphatic rings. The lowest BCUT2D eigenvalue weighted by atomic mass is 9.94. The van der Waals surface area contributed by atoms with Gasteiger partial charge in [-0.2, -0.15) is 0 Å². The van der Waals surface area contributed by atoms with Crippen LogP contribution in [-0.4, -0.2) is 40.4 Å². The third kappa shape index (κ3) is 4.24. The first-order valence-corrected chi connectivity index (χ1v) is 11.0. The van der Waals surface area contributed by atoms with Gasteiger partial charge in [0.05, 0.1) is 25.3 Å². The van der Waals surface area contributed by atoms with Crippen molar-refractivity contribution in [2.24, 2.45) is 0 Å². The van der Waals surface area contributed by atoms with Crippen LogP contribution in [0.3, 0.4) is 0 Å². The Kier molecular flexibility index (Phi) is 6.63. The number of aryl methyl sites for hydroxylation is 1. The van der Waals surface area contributed by atoms with Gasteiger partial charge in [-0.25, -0.2) is 0 Å². The molecule has 0 saturated carbocycles. The van der Waals surface area contributed by atoms with Crippen LogP contribution in [-0.2, 0) is 16.1 Å². The van der Waals surface area contributed by atoms with Crippen molar-refractivity contribution in [1.82, 2.24) is 9.88 Å². The Bertz CT molecular complexity index is 1250. The van der Waals surface area contributed by atoms with E-state index in [0.717, 1.165) is 11.1 Å². The number of hydrogen-bond donors (Lipinski definition) is 1. The van der Waals surface area contributed by atoms with Crippen molar-refractivity contribution in [2.75, 3.05) is 13.7 Å². The van der Waals surface area contributed by atoms with Crippen LogP contribution in [0.15, 0.2) is 72.6 Å². The summed E-state index contributed by atoms with van der Waals surface area (Å²) in [6.07, 6.45) is 3.26. The summed E-state index contributed by atoms with van der Waals surface area (Å²) in [5.74, 6) is -0.454. The number of ketones is 1. The summed E-state index contributed by atoms with van der Waals surface area (Å²) in [6, 6.07) is 15.1. The lowest BCUT2D eigenvalue weighted by molar-refractivity contribution is -0.140. The highest BCUT2D eigenvalue weighted by Crippen LogP contribution is 2.43. The van der Waals surface area contributed by atoms with Crippen LogP contribution in [0.25, 0.3) is 5.76 Å². The zero-order chi connectivity index (χ0) is 24.2. The third-order valence-electron chi connectivity index (χ3n) is 5.82. The molecule has 7 heteroatoms. The predicted molar refractivity (Wildman–Crippen MR) is 127 cm³/mol. The summed E-state index contributed by atoms with van der Waals surface area (Å²) >= 11 is 0. The van der Waals surface area contributed by atoms with Gasteiger partial charge in [-0.05, 0) is 61.4 Å². The Balaban J connectivity index is 1.88. The summed E-state index contributed by atoms with van der Waals surface area (Å²) in [5.41, 5.74) is 2.69. The number of rotatable bonds is 7. The topological polar surface area (TPSA) is 89.0 Å². The van der Waals surface area contributed by atoms with Crippen molar-refractivity contribution in [1.29, 1.82) is 0 Å². The number of carbonyl (C=O) groups excluding carboxylic acids is 2. The number of para-hydroxylation sites is 1. The molecular weight excluding hydrogens is 432 g/mol. The van der Waals surface area contributed by atoms with E-state index in [4.69, 9.17) is 9.47 Å². The molecule has 4 rings (SSSR count). The van der Waals surface area contributed by atoms with Gasteiger partial charge in [-0.1, -0.05) is 18.2 Å². The van der Waals surface area contributed by atoms with Crippen LogP contribution < -0.4 is 9.47 Å². The van der Waals surface area contributed by atoms with Gasteiger partial charge in [0, 0.05) is 30.1 Å². The molecule has 1 amide bonds. The van der Waals surface area contributed by atoms with E-state index in [2.05, 4.69) is 4.98 Å². The lowest BCUT2D eigenvalue weighted by Crippen LogP contribution is -2.29. The van der Waals surface area contributed by atoms with Crippen LogP contribution in [0.1, 0.15) is 35.2 Å². The normalized spacial score (nSPS) is 17.1. The maximum absolute atomic E-state index is 13.3. The first-order valence-electron chi connectivity index (χ1n) is 11.0. The number of ether oxygens (including phenoxy) is 2. The molecule has 1 aromatic heterocycles. The molecule has 1 N–H and O–H groups in total. The van der Waals surface area contributed by atoms with Crippen molar-refractivity contribution in [3.8, 4) is 11.5 Å². The average molecular weight is 459 g/mol. The van der Waals surface area contributed by atoms with E-state index in [1.54, 1.807) is 54.9 Å². The predicted octanol–water partition coefficient (Wildman–Crippen LogP) is 4.42. The SMILES string of the molecule is CCOc1ccc(/C(O)=C2\C(=O)C(=O)N(Cc3ccncc3)C2c2ccccc2OC)cc1C. The molecule has 0 bridgehead atoms. The van der Waals surface area contributed by atoms with E-state index in [-0.39, 0.29) is 17.9 Å². The minimum atomic E-state index is -0.823. The van der Waals surface area contributed by atoms with Crippen LogP contribution in [0, 0.1) is 6.92 Å². The number of nitrogens with zero attached hydrogens (tertiary/aromatic N) is 2. The number of benzene rings is 2. The molecule has 1 atom stereocenters. The number of aliphatic hydroxyl groups is 1. The molecule has 34 heavy (non-hydrogen) atoms.